The second kappa shape index (κ2) is 4.56. The molecule has 0 aromatic heterocycles. The van der Waals surface area contributed by atoms with Crippen molar-refractivity contribution in [2.75, 3.05) is 13.1 Å². The van der Waals surface area contributed by atoms with Gasteiger partial charge in [0.2, 0.25) is 5.91 Å². The van der Waals surface area contributed by atoms with E-state index in [0.717, 1.165) is 56.3 Å². The number of carbonyl (C=O) groups excluding carboxylic acids is 1. The van der Waals surface area contributed by atoms with Crippen LogP contribution in [-0.2, 0) is 4.79 Å². The Hall–Kier alpha value is -1.06. The average Bonchev–Trinajstić information content (AvgIpc) is 3.03. The Bertz CT molecular complexity index is 370. The zero-order valence-electron chi connectivity index (χ0n) is 11.0. The SMILES string of the molecule is CCC1CN(C(=O)C2CC3CC3C2)CCC1=NO. The number of carbonyl (C=O) groups is 1. The van der Waals surface area contributed by atoms with Crippen LogP contribution in [-0.4, -0.2) is 34.8 Å². The number of amides is 1. The number of piperidine rings is 1. The molecule has 3 atom stereocenters. The van der Waals surface area contributed by atoms with Gasteiger partial charge in [0.15, 0.2) is 0 Å². The molecule has 1 amide bonds. The maximum absolute atomic E-state index is 12.4. The van der Waals surface area contributed by atoms with Gasteiger partial charge in [0.1, 0.15) is 0 Å². The minimum absolute atomic E-state index is 0.253. The van der Waals surface area contributed by atoms with Gasteiger partial charge in [0.05, 0.1) is 5.71 Å². The number of hydrogen-bond acceptors (Lipinski definition) is 3. The van der Waals surface area contributed by atoms with E-state index in [1.807, 2.05) is 4.90 Å². The predicted molar refractivity (Wildman–Crippen MR) is 68.5 cm³/mol. The first kappa shape index (κ1) is 12.0. The van der Waals surface area contributed by atoms with E-state index in [1.165, 1.54) is 6.42 Å². The fourth-order valence-corrected chi connectivity index (χ4v) is 3.79. The largest absolute Gasteiger partial charge is 0.411 e. The molecule has 0 bridgehead atoms. The highest BCUT2D eigenvalue weighted by atomic mass is 16.4. The van der Waals surface area contributed by atoms with E-state index in [-0.39, 0.29) is 5.92 Å². The fourth-order valence-electron chi connectivity index (χ4n) is 3.79. The second-order valence-corrected chi connectivity index (χ2v) is 6.15. The summed E-state index contributed by atoms with van der Waals surface area (Å²) in [6, 6.07) is 0. The van der Waals surface area contributed by atoms with Crippen molar-refractivity contribution in [1.29, 1.82) is 0 Å². The number of fused-ring (bicyclic) bond motifs is 1. The quantitative estimate of drug-likeness (QED) is 0.603. The fraction of sp³-hybridized carbons (Fsp3) is 0.857. The lowest BCUT2D eigenvalue weighted by Crippen LogP contribution is -2.46. The molecule has 3 aliphatic rings. The first-order valence-corrected chi connectivity index (χ1v) is 7.22. The Balaban J connectivity index is 1.61. The highest BCUT2D eigenvalue weighted by Crippen LogP contribution is 2.54. The molecule has 1 N–H and O–H groups in total. The maximum atomic E-state index is 12.4. The molecular formula is C14H22N2O2. The maximum Gasteiger partial charge on any atom is 0.225 e. The predicted octanol–water partition coefficient (Wildman–Crippen LogP) is 2.12. The summed E-state index contributed by atoms with van der Waals surface area (Å²) in [5.41, 5.74) is 0.871. The molecule has 18 heavy (non-hydrogen) atoms. The van der Waals surface area contributed by atoms with Crippen LogP contribution in [0.2, 0.25) is 0 Å². The molecule has 0 spiro atoms. The molecule has 0 aromatic rings. The smallest absolute Gasteiger partial charge is 0.225 e. The standard InChI is InChI=1S/C14H22N2O2/c1-2-9-8-16(4-3-13(9)15-18)14(17)12-6-10-5-11(10)7-12/h9-12,18H,2-8H2,1H3. The molecule has 100 valence electrons. The van der Waals surface area contributed by atoms with Crippen LogP contribution >= 0.6 is 0 Å². The molecule has 4 nitrogen and oxygen atoms in total. The summed E-state index contributed by atoms with van der Waals surface area (Å²) in [6.07, 6.45) is 5.29. The summed E-state index contributed by atoms with van der Waals surface area (Å²) in [5.74, 6) is 2.63. The molecular weight excluding hydrogens is 228 g/mol. The van der Waals surface area contributed by atoms with E-state index in [4.69, 9.17) is 5.21 Å². The highest BCUT2D eigenvalue weighted by molar-refractivity contribution is 5.89. The summed E-state index contributed by atoms with van der Waals surface area (Å²) in [7, 11) is 0. The molecule has 1 aliphatic heterocycles. The van der Waals surface area contributed by atoms with Crippen LogP contribution in [0.4, 0.5) is 0 Å². The summed E-state index contributed by atoms with van der Waals surface area (Å²) in [5, 5.41) is 12.3. The van der Waals surface area contributed by atoms with Gasteiger partial charge >= 0.3 is 0 Å². The van der Waals surface area contributed by atoms with Crippen LogP contribution in [0.15, 0.2) is 5.16 Å². The number of likely N-dealkylation sites (tertiary alicyclic amines) is 1. The number of rotatable bonds is 2. The van der Waals surface area contributed by atoms with Crippen LogP contribution in [0.5, 0.6) is 0 Å². The van der Waals surface area contributed by atoms with Crippen molar-refractivity contribution in [3.63, 3.8) is 0 Å². The van der Waals surface area contributed by atoms with Crippen molar-refractivity contribution < 1.29 is 10.0 Å². The van der Waals surface area contributed by atoms with E-state index >= 15 is 0 Å². The third-order valence-corrected chi connectivity index (χ3v) is 5.08. The normalized spacial score (nSPS) is 40.9. The molecule has 3 rings (SSSR count). The van der Waals surface area contributed by atoms with Crippen LogP contribution in [0, 0.1) is 23.7 Å². The molecule has 0 aromatic carbocycles. The first-order chi connectivity index (χ1) is 8.72. The summed E-state index contributed by atoms with van der Waals surface area (Å²) in [4.78, 5) is 14.5. The Kier molecular flexibility index (Phi) is 3.04. The van der Waals surface area contributed by atoms with Crippen molar-refractivity contribution in [3.05, 3.63) is 0 Å². The van der Waals surface area contributed by atoms with Gasteiger partial charge in [-0.05, 0) is 37.5 Å². The van der Waals surface area contributed by atoms with E-state index < -0.39 is 0 Å². The Morgan fingerprint density at radius 2 is 2.11 bits per heavy atom. The second-order valence-electron chi connectivity index (χ2n) is 6.15. The summed E-state index contributed by atoms with van der Waals surface area (Å²) in [6.45, 7) is 3.58. The van der Waals surface area contributed by atoms with E-state index in [1.54, 1.807) is 0 Å². The Morgan fingerprint density at radius 1 is 1.39 bits per heavy atom. The van der Waals surface area contributed by atoms with E-state index in [9.17, 15) is 4.79 Å². The molecule has 1 heterocycles. The van der Waals surface area contributed by atoms with Crippen LogP contribution in [0.25, 0.3) is 0 Å². The van der Waals surface area contributed by atoms with Gasteiger partial charge in [0.25, 0.3) is 0 Å². The first-order valence-electron chi connectivity index (χ1n) is 7.22. The van der Waals surface area contributed by atoms with Crippen molar-refractivity contribution in [2.24, 2.45) is 28.8 Å². The summed E-state index contributed by atoms with van der Waals surface area (Å²) < 4.78 is 0. The highest BCUT2D eigenvalue weighted by Gasteiger charge is 2.49. The van der Waals surface area contributed by atoms with Crippen molar-refractivity contribution in [2.45, 2.75) is 39.0 Å². The minimum Gasteiger partial charge on any atom is -0.411 e. The lowest BCUT2D eigenvalue weighted by atomic mass is 9.91. The number of nitrogens with zero attached hydrogens (tertiary/aromatic N) is 2. The van der Waals surface area contributed by atoms with Gasteiger partial charge < -0.3 is 10.1 Å². The van der Waals surface area contributed by atoms with E-state index in [0.29, 0.717) is 11.8 Å². The zero-order valence-corrected chi connectivity index (χ0v) is 11.0. The third-order valence-electron chi connectivity index (χ3n) is 5.08. The molecule has 2 aliphatic carbocycles. The van der Waals surface area contributed by atoms with Gasteiger partial charge in [0, 0.05) is 31.3 Å². The Morgan fingerprint density at radius 3 is 2.72 bits per heavy atom. The molecule has 0 radical (unpaired) electrons. The van der Waals surface area contributed by atoms with Crippen LogP contribution in [0.1, 0.15) is 39.0 Å². The lowest BCUT2D eigenvalue weighted by Gasteiger charge is -2.34. The minimum atomic E-state index is 0.253. The van der Waals surface area contributed by atoms with Gasteiger partial charge in [-0.2, -0.15) is 0 Å². The van der Waals surface area contributed by atoms with Gasteiger partial charge in [-0.1, -0.05) is 12.1 Å². The van der Waals surface area contributed by atoms with Crippen molar-refractivity contribution in [3.8, 4) is 0 Å². The summed E-state index contributed by atoms with van der Waals surface area (Å²) >= 11 is 0. The molecule has 2 saturated carbocycles. The van der Waals surface area contributed by atoms with Crippen molar-refractivity contribution in [1.82, 2.24) is 4.90 Å². The zero-order chi connectivity index (χ0) is 12.7. The lowest BCUT2D eigenvalue weighted by molar-refractivity contribution is -0.136. The number of hydrogen-bond donors (Lipinski definition) is 1. The molecule has 4 heteroatoms. The monoisotopic (exact) mass is 250 g/mol. The van der Waals surface area contributed by atoms with Crippen molar-refractivity contribution >= 4 is 11.6 Å². The van der Waals surface area contributed by atoms with E-state index in [2.05, 4.69) is 12.1 Å². The molecule has 3 fully saturated rings. The Labute approximate surface area is 108 Å². The average molecular weight is 250 g/mol. The van der Waals surface area contributed by atoms with Crippen LogP contribution in [0.3, 0.4) is 0 Å². The topological polar surface area (TPSA) is 52.9 Å². The molecule has 1 saturated heterocycles. The number of oxime groups is 1. The van der Waals surface area contributed by atoms with Gasteiger partial charge in [-0.3, -0.25) is 4.79 Å². The van der Waals surface area contributed by atoms with Crippen LogP contribution < -0.4 is 0 Å². The van der Waals surface area contributed by atoms with Gasteiger partial charge in [-0.25, -0.2) is 0 Å². The third kappa shape index (κ3) is 2.02. The molecule has 3 unspecified atom stereocenters. The van der Waals surface area contributed by atoms with Gasteiger partial charge in [-0.15, -0.1) is 0 Å².